The molecule has 0 unspecified atom stereocenters. The van der Waals surface area contributed by atoms with E-state index in [2.05, 4.69) is 0 Å². The molecule has 0 amide bonds. The van der Waals surface area contributed by atoms with E-state index in [1.165, 1.54) is 11.8 Å². The normalized spacial score (nSPS) is 11.8. The van der Waals surface area contributed by atoms with Gasteiger partial charge in [0.15, 0.2) is 0 Å². The summed E-state index contributed by atoms with van der Waals surface area (Å²) < 4.78 is 10.6. The van der Waals surface area contributed by atoms with Crippen molar-refractivity contribution in [3.63, 3.8) is 0 Å². The van der Waals surface area contributed by atoms with E-state index in [-0.39, 0.29) is 0 Å². The van der Waals surface area contributed by atoms with Gasteiger partial charge in [-0.25, -0.2) is 0 Å². The Bertz CT molecular complexity index is 667. The highest BCUT2D eigenvalue weighted by molar-refractivity contribution is 8.00. The molecule has 2 aromatic carbocycles. The number of carboxylic acids is 1. The molecule has 0 aromatic heterocycles. The predicted molar refractivity (Wildman–Crippen MR) is 91.7 cm³/mol. The fraction of sp³-hybridized carbons (Fsp3) is 0.278. The Balaban J connectivity index is 2.22. The maximum absolute atomic E-state index is 11.6. The minimum atomic E-state index is -0.847. The molecule has 0 saturated carbocycles. The highest BCUT2D eigenvalue weighted by Gasteiger charge is 2.21. The summed E-state index contributed by atoms with van der Waals surface area (Å²) in [6.07, 6.45) is 0.355. The number of aliphatic carboxylic acids is 1. The van der Waals surface area contributed by atoms with E-state index in [1.54, 1.807) is 26.4 Å². The number of methoxy groups -OCH3 is 2. The van der Waals surface area contributed by atoms with Crippen molar-refractivity contribution in [1.29, 1.82) is 0 Å². The lowest BCUT2D eigenvalue weighted by Crippen LogP contribution is -2.19. The molecule has 4 nitrogen and oxygen atoms in total. The summed E-state index contributed by atoms with van der Waals surface area (Å²) in [5, 5.41) is 8.95. The number of hydrogen-bond donors (Lipinski definition) is 1. The topological polar surface area (TPSA) is 55.8 Å². The summed E-state index contributed by atoms with van der Waals surface area (Å²) in [5.74, 6) is 0.507. The monoisotopic (exact) mass is 332 g/mol. The van der Waals surface area contributed by atoms with Crippen LogP contribution in [0, 0.1) is 6.92 Å². The van der Waals surface area contributed by atoms with Crippen molar-refractivity contribution < 1.29 is 19.4 Å². The zero-order valence-electron chi connectivity index (χ0n) is 13.4. The number of benzene rings is 2. The minimum absolute atomic E-state index is 0.355. The van der Waals surface area contributed by atoms with Gasteiger partial charge in [-0.05, 0) is 49.2 Å². The largest absolute Gasteiger partial charge is 0.497 e. The van der Waals surface area contributed by atoms with E-state index in [0.717, 1.165) is 16.0 Å². The number of carbonyl (C=O) groups is 1. The van der Waals surface area contributed by atoms with E-state index >= 15 is 0 Å². The molecule has 0 aliphatic carbocycles. The van der Waals surface area contributed by atoms with Gasteiger partial charge >= 0.3 is 5.97 Å². The first-order valence-corrected chi connectivity index (χ1v) is 8.08. The van der Waals surface area contributed by atoms with E-state index in [1.807, 2.05) is 37.3 Å². The van der Waals surface area contributed by atoms with Crippen LogP contribution in [0.4, 0.5) is 0 Å². The lowest BCUT2D eigenvalue weighted by Gasteiger charge is -2.15. The fourth-order valence-corrected chi connectivity index (χ4v) is 3.19. The molecule has 122 valence electrons. The van der Waals surface area contributed by atoms with Crippen molar-refractivity contribution in [2.75, 3.05) is 14.2 Å². The average molecular weight is 332 g/mol. The molecule has 2 rings (SSSR count). The molecule has 0 radical (unpaired) electrons. The van der Waals surface area contributed by atoms with E-state index in [0.29, 0.717) is 17.9 Å². The van der Waals surface area contributed by atoms with Crippen molar-refractivity contribution in [3.8, 4) is 11.5 Å². The van der Waals surface area contributed by atoms with Crippen LogP contribution >= 0.6 is 11.8 Å². The number of carboxylic acid groups (broad SMARTS) is 1. The third-order valence-corrected chi connectivity index (χ3v) is 4.66. The third kappa shape index (κ3) is 4.66. The SMILES string of the molecule is COc1ccc(OC)c(C[C@H](Sc2ccc(C)cc2)C(=O)O)c1. The lowest BCUT2D eigenvalue weighted by molar-refractivity contribution is -0.136. The smallest absolute Gasteiger partial charge is 0.317 e. The molecule has 1 N–H and O–H groups in total. The van der Waals surface area contributed by atoms with Crippen LogP contribution in [0.5, 0.6) is 11.5 Å². The van der Waals surface area contributed by atoms with Crippen LogP contribution in [-0.4, -0.2) is 30.5 Å². The molecule has 0 aliphatic rings. The van der Waals surface area contributed by atoms with Crippen molar-refractivity contribution in [1.82, 2.24) is 0 Å². The van der Waals surface area contributed by atoms with Crippen LogP contribution in [0.1, 0.15) is 11.1 Å². The first kappa shape index (κ1) is 17.2. The Morgan fingerprint density at radius 3 is 2.39 bits per heavy atom. The first-order chi connectivity index (χ1) is 11.0. The van der Waals surface area contributed by atoms with Gasteiger partial charge in [0.25, 0.3) is 0 Å². The molecule has 0 bridgehead atoms. The van der Waals surface area contributed by atoms with Crippen LogP contribution in [0.3, 0.4) is 0 Å². The van der Waals surface area contributed by atoms with Crippen LogP contribution in [0.25, 0.3) is 0 Å². The van der Waals surface area contributed by atoms with Crippen molar-refractivity contribution in [3.05, 3.63) is 53.6 Å². The van der Waals surface area contributed by atoms with Gasteiger partial charge in [-0.1, -0.05) is 17.7 Å². The van der Waals surface area contributed by atoms with Crippen molar-refractivity contribution in [2.24, 2.45) is 0 Å². The van der Waals surface area contributed by atoms with E-state index in [9.17, 15) is 9.90 Å². The molecule has 0 fully saturated rings. The molecule has 0 heterocycles. The minimum Gasteiger partial charge on any atom is -0.497 e. The summed E-state index contributed by atoms with van der Waals surface area (Å²) in [4.78, 5) is 12.6. The fourth-order valence-electron chi connectivity index (χ4n) is 2.20. The van der Waals surface area contributed by atoms with Crippen LogP contribution in [0.15, 0.2) is 47.4 Å². The van der Waals surface area contributed by atoms with Gasteiger partial charge in [0.1, 0.15) is 16.7 Å². The van der Waals surface area contributed by atoms with Crippen molar-refractivity contribution >= 4 is 17.7 Å². The van der Waals surface area contributed by atoms with Crippen LogP contribution < -0.4 is 9.47 Å². The Labute approximate surface area is 140 Å². The number of hydrogen-bond acceptors (Lipinski definition) is 4. The second-order valence-corrected chi connectivity index (χ2v) is 6.42. The Kier molecular flexibility index (Phi) is 5.93. The number of aryl methyl sites for hydroxylation is 1. The van der Waals surface area contributed by atoms with Crippen LogP contribution in [-0.2, 0) is 11.2 Å². The standard InChI is InChI=1S/C18H20O4S/c1-12-4-7-15(8-5-12)23-17(18(19)20)11-13-10-14(21-2)6-9-16(13)22-3/h4-10,17H,11H2,1-3H3,(H,19,20)/t17-/m0/s1. The molecular weight excluding hydrogens is 312 g/mol. The van der Waals surface area contributed by atoms with Gasteiger partial charge in [-0.15, -0.1) is 11.8 Å². The highest BCUT2D eigenvalue weighted by Crippen LogP contribution is 2.31. The van der Waals surface area contributed by atoms with Gasteiger partial charge in [-0.2, -0.15) is 0 Å². The Morgan fingerprint density at radius 2 is 1.83 bits per heavy atom. The van der Waals surface area contributed by atoms with Gasteiger partial charge < -0.3 is 14.6 Å². The van der Waals surface area contributed by atoms with Crippen molar-refractivity contribution in [2.45, 2.75) is 23.5 Å². The average Bonchev–Trinajstić information content (AvgIpc) is 2.56. The summed E-state index contributed by atoms with van der Waals surface area (Å²) in [6.45, 7) is 2.00. The maximum Gasteiger partial charge on any atom is 0.317 e. The van der Waals surface area contributed by atoms with Crippen LogP contribution in [0.2, 0.25) is 0 Å². The summed E-state index contributed by atoms with van der Waals surface area (Å²) in [6, 6.07) is 13.3. The zero-order valence-corrected chi connectivity index (χ0v) is 14.2. The maximum atomic E-state index is 11.6. The molecule has 23 heavy (non-hydrogen) atoms. The number of thioether (sulfide) groups is 1. The zero-order chi connectivity index (χ0) is 16.8. The number of ether oxygens (including phenoxy) is 2. The number of rotatable bonds is 7. The van der Waals surface area contributed by atoms with Gasteiger partial charge in [0, 0.05) is 4.90 Å². The van der Waals surface area contributed by atoms with Gasteiger partial charge in [0.2, 0.25) is 0 Å². The molecule has 0 saturated heterocycles. The second-order valence-electron chi connectivity index (χ2n) is 5.14. The summed E-state index contributed by atoms with van der Waals surface area (Å²) in [5.41, 5.74) is 1.97. The van der Waals surface area contributed by atoms with E-state index < -0.39 is 11.2 Å². The molecule has 1 atom stereocenters. The van der Waals surface area contributed by atoms with E-state index in [4.69, 9.17) is 9.47 Å². The Hall–Kier alpha value is -2.14. The van der Waals surface area contributed by atoms with Gasteiger partial charge in [-0.3, -0.25) is 4.79 Å². The molecule has 2 aromatic rings. The molecule has 0 aliphatic heterocycles. The molecule has 0 spiro atoms. The highest BCUT2D eigenvalue weighted by atomic mass is 32.2. The first-order valence-electron chi connectivity index (χ1n) is 7.20. The quantitative estimate of drug-likeness (QED) is 0.782. The molecular formula is C18H20O4S. The lowest BCUT2D eigenvalue weighted by atomic mass is 10.1. The van der Waals surface area contributed by atoms with Gasteiger partial charge in [0.05, 0.1) is 14.2 Å². The summed E-state index contributed by atoms with van der Waals surface area (Å²) in [7, 11) is 3.16. The summed E-state index contributed by atoms with van der Waals surface area (Å²) >= 11 is 1.34. The Morgan fingerprint density at radius 1 is 1.13 bits per heavy atom. The predicted octanol–water partition coefficient (Wildman–Crippen LogP) is 3.80. The molecule has 5 heteroatoms. The third-order valence-electron chi connectivity index (χ3n) is 3.47. The second kappa shape index (κ2) is 7.92.